The van der Waals surface area contributed by atoms with Crippen molar-refractivity contribution < 1.29 is 14.6 Å². The van der Waals surface area contributed by atoms with E-state index in [1.807, 2.05) is 13.0 Å². The van der Waals surface area contributed by atoms with Crippen LogP contribution in [0.1, 0.15) is 24.3 Å². The van der Waals surface area contributed by atoms with Crippen molar-refractivity contribution >= 4 is 52.9 Å². The number of nitrogens with one attached hydrogen (secondary N) is 2. The minimum atomic E-state index is -0.639. The van der Waals surface area contributed by atoms with Gasteiger partial charge in [0.25, 0.3) is 0 Å². The van der Waals surface area contributed by atoms with Gasteiger partial charge in [-0.2, -0.15) is 0 Å². The van der Waals surface area contributed by atoms with E-state index in [1.54, 1.807) is 13.2 Å². The highest BCUT2D eigenvalue weighted by Gasteiger charge is 2.10. The first-order valence-electron chi connectivity index (χ1n) is 7.69. The zero-order chi connectivity index (χ0) is 16.9. The third-order valence-corrected chi connectivity index (χ3v) is 4.21. The Labute approximate surface area is 170 Å². The number of ether oxygens (including phenoxy) is 2. The number of hydrogen-bond donors (Lipinski definition) is 3. The Hall–Kier alpha value is -0.130. The van der Waals surface area contributed by atoms with Crippen molar-refractivity contribution in [3.63, 3.8) is 0 Å². The summed E-state index contributed by atoms with van der Waals surface area (Å²) in [4.78, 5) is 5.21. The summed E-state index contributed by atoms with van der Waals surface area (Å²) >= 11 is 7.24. The number of halogens is 2. The molecule has 9 heteroatoms. The minimum Gasteiger partial charge on any atom is -0.386 e. The van der Waals surface area contributed by atoms with Gasteiger partial charge in [-0.1, -0.05) is 11.6 Å². The molecule has 24 heavy (non-hydrogen) atoms. The molecule has 0 spiro atoms. The molecule has 0 aliphatic rings. The van der Waals surface area contributed by atoms with Crippen molar-refractivity contribution in [3.8, 4) is 0 Å². The van der Waals surface area contributed by atoms with Crippen LogP contribution < -0.4 is 10.6 Å². The first kappa shape index (κ1) is 23.9. The second kappa shape index (κ2) is 15.2. The molecule has 0 radical (unpaired) electrons. The van der Waals surface area contributed by atoms with Crippen molar-refractivity contribution in [2.75, 3.05) is 46.6 Å². The van der Waals surface area contributed by atoms with E-state index in [4.69, 9.17) is 21.1 Å². The molecule has 3 N–H and O–H groups in total. The normalized spacial score (nSPS) is 12.6. The van der Waals surface area contributed by atoms with E-state index in [0.29, 0.717) is 30.1 Å². The van der Waals surface area contributed by atoms with E-state index in [1.165, 1.54) is 11.3 Å². The summed E-state index contributed by atoms with van der Waals surface area (Å²) in [6.07, 6.45) is 0.234. The summed E-state index contributed by atoms with van der Waals surface area (Å²) in [5.41, 5.74) is 0. The highest BCUT2D eigenvalue weighted by Crippen LogP contribution is 2.26. The number of methoxy groups -OCH3 is 1. The molecule has 1 rings (SSSR count). The van der Waals surface area contributed by atoms with Crippen LogP contribution in [0.5, 0.6) is 0 Å². The molecule has 1 aromatic heterocycles. The summed E-state index contributed by atoms with van der Waals surface area (Å²) in [5.74, 6) is 0.686. The van der Waals surface area contributed by atoms with Crippen LogP contribution in [0.15, 0.2) is 17.1 Å². The smallest absolute Gasteiger partial charge is 0.191 e. The van der Waals surface area contributed by atoms with Crippen LogP contribution in [0.25, 0.3) is 0 Å². The topological polar surface area (TPSA) is 75.1 Å². The van der Waals surface area contributed by atoms with E-state index in [9.17, 15) is 5.11 Å². The molecular weight excluding hydrogens is 465 g/mol. The molecule has 1 heterocycles. The minimum absolute atomic E-state index is 0. The van der Waals surface area contributed by atoms with Gasteiger partial charge in [0.1, 0.15) is 6.10 Å². The molecule has 0 aliphatic carbocycles. The third kappa shape index (κ3) is 10.7. The Bertz CT molecular complexity index is 463. The van der Waals surface area contributed by atoms with Gasteiger partial charge >= 0.3 is 0 Å². The second-order valence-corrected chi connectivity index (χ2v) is 6.51. The zero-order valence-corrected chi connectivity index (χ0v) is 18.0. The maximum absolute atomic E-state index is 10.1. The molecule has 1 aromatic rings. The van der Waals surface area contributed by atoms with Gasteiger partial charge in [-0.3, -0.25) is 4.99 Å². The maximum Gasteiger partial charge on any atom is 0.191 e. The summed E-state index contributed by atoms with van der Waals surface area (Å²) in [6, 6.07) is 3.60. The van der Waals surface area contributed by atoms with Crippen molar-refractivity contribution in [1.29, 1.82) is 0 Å². The Kier molecular flexibility index (Phi) is 15.1. The highest BCUT2D eigenvalue weighted by atomic mass is 127. The van der Waals surface area contributed by atoms with Gasteiger partial charge in [0, 0.05) is 31.7 Å². The summed E-state index contributed by atoms with van der Waals surface area (Å²) < 4.78 is 11.0. The summed E-state index contributed by atoms with van der Waals surface area (Å²) in [5, 5.41) is 16.5. The van der Waals surface area contributed by atoms with Crippen LogP contribution in [0, 0.1) is 0 Å². The lowest BCUT2D eigenvalue weighted by atomic mass is 10.3. The Morgan fingerprint density at radius 2 is 2.12 bits per heavy atom. The molecule has 0 bridgehead atoms. The molecule has 1 atom stereocenters. The number of aliphatic hydroxyl groups excluding tert-OH is 1. The molecule has 0 fully saturated rings. The molecule has 0 saturated carbocycles. The lowest BCUT2D eigenvalue weighted by Crippen LogP contribution is -2.38. The fourth-order valence-electron chi connectivity index (χ4n) is 1.74. The second-order valence-electron chi connectivity index (χ2n) is 4.76. The lowest BCUT2D eigenvalue weighted by molar-refractivity contribution is 0.0698. The number of nitrogens with zero attached hydrogens (tertiary/aromatic N) is 1. The van der Waals surface area contributed by atoms with Gasteiger partial charge in [-0.15, -0.1) is 35.3 Å². The van der Waals surface area contributed by atoms with Gasteiger partial charge in [0.05, 0.1) is 24.1 Å². The average Bonchev–Trinajstić information content (AvgIpc) is 2.98. The highest BCUT2D eigenvalue weighted by molar-refractivity contribution is 14.0. The molecule has 140 valence electrons. The number of rotatable bonds is 11. The van der Waals surface area contributed by atoms with Crippen molar-refractivity contribution in [2.45, 2.75) is 19.4 Å². The first-order chi connectivity index (χ1) is 11.2. The SMILES string of the molecule is CCNC(=NCC(O)c1ccc(Cl)s1)NCCCOCCOC.I. The van der Waals surface area contributed by atoms with Gasteiger partial charge in [0.2, 0.25) is 0 Å². The van der Waals surface area contributed by atoms with Crippen LogP contribution in [-0.4, -0.2) is 57.6 Å². The monoisotopic (exact) mass is 491 g/mol. The third-order valence-electron chi connectivity index (χ3n) is 2.88. The van der Waals surface area contributed by atoms with Crippen LogP contribution in [0.4, 0.5) is 0 Å². The summed E-state index contributed by atoms with van der Waals surface area (Å²) in [7, 11) is 1.66. The molecule has 0 aromatic carbocycles. The molecule has 1 unspecified atom stereocenters. The predicted molar refractivity (Wildman–Crippen MR) is 111 cm³/mol. The van der Waals surface area contributed by atoms with E-state index in [0.717, 1.165) is 24.4 Å². The molecular formula is C15H27ClIN3O3S. The standard InChI is InChI=1S/C15H26ClN3O3S.HI/c1-3-17-15(18-7-4-8-22-10-9-21-2)19-11-12(20)13-5-6-14(16)23-13;/h5-6,12,20H,3-4,7-11H2,1-2H3,(H2,17,18,19);1H. The van der Waals surface area contributed by atoms with Gasteiger partial charge < -0.3 is 25.2 Å². The van der Waals surface area contributed by atoms with Crippen LogP contribution in [0.3, 0.4) is 0 Å². The van der Waals surface area contributed by atoms with Crippen molar-refractivity contribution in [1.82, 2.24) is 10.6 Å². The molecule has 0 amide bonds. The van der Waals surface area contributed by atoms with E-state index < -0.39 is 6.10 Å². The Morgan fingerprint density at radius 3 is 2.75 bits per heavy atom. The van der Waals surface area contributed by atoms with Gasteiger partial charge in [-0.25, -0.2) is 0 Å². The van der Waals surface area contributed by atoms with Gasteiger partial charge in [-0.05, 0) is 25.5 Å². The number of aliphatic imine (C=N–C) groups is 1. The molecule has 6 nitrogen and oxygen atoms in total. The lowest BCUT2D eigenvalue weighted by Gasteiger charge is -2.12. The van der Waals surface area contributed by atoms with Crippen LogP contribution >= 0.6 is 46.9 Å². The number of guanidine groups is 1. The van der Waals surface area contributed by atoms with Gasteiger partial charge in [0.15, 0.2) is 5.96 Å². The molecule has 0 aliphatic heterocycles. The largest absolute Gasteiger partial charge is 0.386 e. The van der Waals surface area contributed by atoms with Crippen molar-refractivity contribution in [3.05, 3.63) is 21.3 Å². The number of aliphatic hydroxyl groups is 1. The number of thiophene rings is 1. The van der Waals surface area contributed by atoms with Crippen LogP contribution in [0.2, 0.25) is 4.34 Å². The van der Waals surface area contributed by atoms with Crippen molar-refractivity contribution in [2.24, 2.45) is 4.99 Å². The molecule has 0 saturated heterocycles. The fraction of sp³-hybridized carbons (Fsp3) is 0.667. The van der Waals surface area contributed by atoms with E-state index in [-0.39, 0.29) is 30.5 Å². The maximum atomic E-state index is 10.1. The Balaban J connectivity index is 0.00000529. The van der Waals surface area contributed by atoms with E-state index in [2.05, 4.69) is 15.6 Å². The predicted octanol–water partition coefficient (Wildman–Crippen LogP) is 2.66. The quantitative estimate of drug-likeness (QED) is 0.192. The zero-order valence-electron chi connectivity index (χ0n) is 14.1. The van der Waals surface area contributed by atoms with Crippen LogP contribution in [-0.2, 0) is 9.47 Å². The fourth-order valence-corrected chi connectivity index (χ4v) is 2.78. The van der Waals surface area contributed by atoms with E-state index >= 15 is 0 Å². The Morgan fingerprint density at radius 1 is 1.33 bits per heavy atom. The average molecular weight is 492 g/mol. The number of hydrogen-bond acceptors (Lipinski definition) is 5. The summed E-state index contributed by atoms with van der Waals surface area (Å²) in [6.45, 7) is 5.70. The first-order valence-corrected chi connectivity index (χ1v) is 8.89.